The molecule has 3 heterocycles. The fourth-order valence-corrected chi connectivity index (χ4v) is 9.68. The van der Waals surface area contributed by atoms with E-state index in [9.17, 15) is 18.0 Å². The van der Waals surface area contributed by atoms with Crippen molar-refractivity contribution in [2.24, 2.45) is 11.8 Å². The molecule has 6 aliphatic rings. The second kappa shape index (κ2) is 8.24. The van der Waals surface area contributed by atoms with Gasteiger partial charge in [-0.05, 0) is 40.8 Å². The minimum atomic E-state index is -3.87. The van der Waals surface area contributed by atoms with E-state index < -0.39 is 63.4 Å². The highest BCUT2D eigenvalue weighted by Gasteiger charge is 2.72. The van der Waals surface area contributed by atoms with Crippen molar-refractivity contribution >= 4 is 22.0 Å². The molecule has 0 spiro atoms. The number of nitrogens with one attached hydrogen (secondary N) is 1. The smallest absolute Gasteiger partial charge is 0.318 e. The Morgan fingerprint density at radius 1 is 0.795 bits per heavy atom. The Kier molecular flexibility index (Phi) is 4.93. The molecule has 3 aromatic rings. The van der Waals surface area contributed by atoms with Crippen LogP contribution >= 0.6 is 0 Å². The molecule has 8 nitrogen and oxygen atoms in total. The van der Waals surface area contributed by atoms with Gasteiger partial charge in [0.25, 0.3) is 0 Å². The molecular weight excluding hydrogens is 518 g/mol. The highest BCUT2D eigenvalue weighted by atomic mass is 32.2. The lowest BCUT2D eigenvalue weighted by molar-refractivity contribution is -0.162. The van der Waals surface area contributed by atoms with Crippen LogP contribution in [0.2, 0.25) is 0 Å². The second-order valence-corrected chi connectivity index (χ2v) is 12.9. The Bertz CT molecular complexity index is 1580. The number of esters is 2. The molecule has 3 aliphatic heterocycles. The highest BCUT2D eigenvalue weighted by molar-refractivity contribution is 7.90. The maximum absolute atomic E-state index is 13.9. The van der Waals surface area contributed by atoms with Gasteiger partial charge in [0.1, 0.15) is 29.1 Å². The first-order valence-corrected chi connectivity index (χ1v) is 14.8. The van der Waals surface area contributed by atoms with Crippen molar-refractivity contribution in [2.75, 3.05) is 0 Å². The predicted octanol–water partition coefficient (Wildman–Crippen LogP) is 2.87. The maximum Gasteiger partial charge on any atom is 0.318 e. The SMILES string of the molecule is O=C(OC1C2NS(=O)(=O)C3C2OC1C3C(=O)Oc1ccccc1)C1CC2c3ccccc3C1c1ccccc12. The van der Waals surface area contributed by atoms with Gasteiger partial charge in [-0.25, -0.2) is 13.1 Å². The molecule has 198 valence electrons. The van der Waals surface area contributed by atoms with Crippen LogP contribution in [-0.4, -0.2) is 50.0 Å². The van der Waals surface area contributed by atoms with E-state index in [-0.39, 0.29) is 11.8 Å². The van der Waals surface area contributed by atoms with E-state index in [4.69, 9.17) is 14.2 Å². The van der Waals surface area contributed by atoms with Crippen molar-refractivity contribution in [1.82, 2.24) is 4.72 Å². The number of sulfonamides is 1. The molecular formula is C30H25NO7S. The largest absolute Gasteiger partial charge is 0.458 e. The van der Waals surface area contributed by atoms with Crippen molar-refractivity contribution in [1.29, 1.82) is 0 Å². The lowest BCUT2D eigenvalue weighted by atomic mass is 9.59. The van der Waals surface area contributed by atoms with Gasteiger partial charge in [-0.2, -0.15) is 0 Å². The van der Waals surface area contributed by atoms with Crippen LogP contribution in [0.25, 0.3) is 0 Å². The van der Waals surface area contributed by atoms with E-state index in [0.717, 1.165) is 11.1 Å². The summed E-state index contributed by atoms with van der Waals surface area (Å²) < 4.78 is 46.3. The van der Waals surface area contributed by atoms with Crippen LogP contribution in [0.1, 0.15) is 40.5 Å². The van der Waals surface area contributed by atoms with Crippen molar-refractivity contribution in [3.05, 3.63) is 101 Å². The molecule has 39 heavy (non-hydrogen) atoms. The lowest BCUT2D eigenvalue weighted by Crippen LogP contribution is -2.52. The van der Waals surface area contributed by atoms with E-state index in [1.54, 1.807) is 30.3 Å². The molecule has 0 aromatic heterocycles. The number of para-hydroxylation sites is 1. The number of hydrogen-bond acceptors (Lipinski definition) is 7. The first-order chi connectivity index (χ1) is 18.9. The summed E-state index contributed by atoms with van der Waals surface area (Å²) in [6.45, 7) is 0. The zero-order valence-electron chi connectivity index (χ0n) is 20.7. The minimum absolute atomic E-state index is 0.0826. The third kappa shape index (κ3) is 3.27. The van der Waals surface area contributed by atoms with Crippen molar-refractivity contribution in [3.63, 3.8) is 0 Å². The van der Waals surface area contributed by atoms with Crippen molar-refractivity contribution in [2.45, 2.75) is 47.9 Å². The second-order valence-electron chi connectivity index (χ2n) is 11.0. The number of carbonyl (C=O) groups is 2. The summed E-state index contributed by atoms with van der Waals surface area (Å²) >= 11 is 0. The Labute approximate surface area is 225 Å². The third-order valence-corrected chi connectivity index (χ3v) is 11.0. The number of ether oxygens (including phenoxy) is 3. The van der Waals surface area contributed by atoms with Gasteiger partial charge >= 0.3 is 11.9 Å². The van der Waals surface area contributed by atoms with Gasteiger partial charge in [-0.15, -0.1) is 0 Å². The molecule has 0 amide bonds. The number of rotatable bonds is 4. The molecule has 3 aliphatic carbocycles. The summed E-state index contributed by atoms with van der Waals surface area (Å²) in [5, 5.41) is -1.08. The molecule has 7 unspecified atom stereocenters. The van der Waals surface area contributed by atoms with Crippen molar-refractivity contribution < 1.29 is 32.2 Å². The van der Waals surface area contributed by atoms with Gasteiger partial charge in [0.15, 0.2) is 0 Å². The fourth-order valence-electron chi connectivity index (χ4n) is 7.64. The van der Waals surface area contributed by atoms with Crippen LogP contribution in [0.5, 0.6) is 5.75 Å². The summed E-state index contributed by atoms with van der Waals surface area (Å²) in [6, 6.07) is 24.2. The van der Waals surface area contributed by atoms with Crippen LogP contribution in [0, 0.1) is 11.8 Å². The Morgan fingerprint density at radius 2 is 1.41 bits per heavy atom. The van der Waals surface area contributed by atoms with Crippen LogP contribution in [0.15, 0.2) is 78.9 Å². The maximum atomic E-state index is 13.9. The first-order valence-electron chi connectivity index (χ1n) is 13.2. The summed E-state index contributed by atoms with van der Waals surface area (Å²) in [5.74, 6) is -2.39. The predicted molar refractivity (Wildman–Crippen MR) is 138 cm³/mol. The third-order valence-electron chi connectivity index (χ3n) is 9.13. The molecule has 3 saturated heterocycles. The summed E-state index contributed by atoms with van der Waals surface area (Å²) in [6.07, 6.45) is -2.00. The minimum Gasteiger partial charge on any atom is -0.458 e. The number of hydrogen-bond donors (Lipinski definition) is 1. The van der Waals surface area contributed by atoms with Crippen LogP contribution in [0.3, 0.4) is 0 Å². The topological polar surface area (TPSA) is 108 Å². The average Bonchev–Trinajstić information content (AvgIpc) is 3.56. The van der Waals surface area contributed by atoms with Gasteiger partial charge in [0, 0.05) is 11.8 Å². The van der Waals surface area contributed by atoms with Gasteiger partial charge < -0.3 is 14.2 Å². The molecule has 9 heteroatoms. The number of benzene rings is 3. The van der Waals surface area contributed by atoms with Gasteiger partial charge in [0.05, 0.1) is 18.1 Å². The molecule has 0 saturated carbocycles. The number of carbonyl (C=O) groups excluding carboxylic acids is 2. The van der Waals surface area contributed by atoms with E-state index in [1.165, 1.54) is 11.1 Å². The van der Waals surface area contributed by atoms with Crippen molar-refractivity contribution in [3.8, 4) is 5.75 Å². The Morgan fingerprint density at radius 3 is 2.08 bits per heavy atom. The molecule has 3 aromatic carbocycles. The molecule has 9 rings (SSSR count). The quantitative estimate of drug-likeness (QED) is 0.398. The average molecular weight is 544 g/mol. The molecule has 7 atom stereocenters. The number of fused-ring (bicyclic) bond motifs is 2. The Balaban J connectivity index is 1.10. The molecule has 3 fully saturated rings. The summed E-state index contributed by atoms with van der Waals surface area (Å²) in [5.41, 5.74) is 4.74. The van der Waals surface area contributed by atoms with Crippen LogP contribution in [0.4, 0.5) is 0 Å². The normalized spacial score (nSPS) is 35.7. The zero-order chi connectivity index (χ0) is 26.5. The van der Waals surface area contributed by atoms with Crippen LogP contribution < -0.4 is 9.46 Å². The van der Waals surface area contributed by atoms with E-state index >= 15 is 0 Å². The fraction of sp³-hybridized carbons (Fsp3) is 0.333. The monoisotopic (exact) mass is 543 g/mol. The van der Waals surface area contributed by atoms with Gasteiger partial charge in [0.2, 0.25) is 10.0 Å². The molecule has 1 N–H and O–H groups in total. The van der Waals surface area contributed by atoms with E-state index in [0.29, 0.717) is 12.2 Å². The Hall–Kier alpha value is -3.53. The lowest BCUT2D eigenvalue weighted by Gasteiger charge is -2.44. The highest BCUT2D eigenvalue weighted by Crippen LogP contribution is 2.56. The van der Waals surface area contributed by atoms with Gasteiger partial charge in [-0.1, -0.05) is 66.7 Å². The van der Waals surface area contributed by atoms with E-state index in [1.807, 2.05) is 24.3 Å². The van der Waals surface area contributed by atoms with E-state index in [2.05, 4.69) is 29.0 Å². The molecule has 0 radical (unpaired) electrons. The molecule has 4 bridgehead atoms. The van der Waals surface area contributed by atoms with Crippen LogP contribution in [-0.2, 0) is 29.1 Å². The first kappa shape index (κ1) is 23.4. The summed E-state index contributed by atoms with van der Waals surface area (Å²) in [4.78, 5) is 27.1. The van der Waals surface area contributed by atoms with Gasteiger partial charge in [-0.3, -0.25) is 9.59 Å². The standard InChI is InChI=1S/C30H25NO7S/c32-29(21-14-20-16-10-4-6-12-18(16)22(21)19-13-7-5-11-17(19)20)38-26-24-27-28(39(34,35)31-24)23(25(26)37-27)30(33)36-15-8-2-1-3-9-15/h1-13,20-28,31H,14H2. The zero-order valence-corrected chi connectivity index (χ0v) is 21.5. The summed E-state index contributed by atoms with van der Waals surface area (Å²) in [7, 11) is -3.87.